The molecule has 2 N–H and O–H groups in total. The molecule has 20 heavy (non-hydrogen) atoms. The molecule has 0 saturated carbocycles. The summed E-state index contributed by atoms with van der Waals surface area (Å²) in [7, 11) is 0. The lowest BCUT2D eigenvalue weighted by Crippen LogP contribution is -2.51. The molecule has 0 spiro atoms. The molecule has 1 aromatic carbocycles. The second kappa shape index (κ2) is 7.50. The van der Waals surface area contributed by atoms with E-state index in [0.717, 1.165) is 11.3 Å². The van der Waals surface area contributed by atoms with Crippen molar-refractivity contribution in [3.05, 3.63) is 29.8 Å². The Kier molecular flexibility index (Phi) is 6.30. The van der Waals surface area contributed by atoms with E-state index in [9.17, 15) is 4.79 Å². The number of nitrogens with two attached hydrogens (primary N) is 1. The van der Waals surface area contributed by atoms with E-state index in [1.54, 1.807) is 0 Å². The number of carbonyl (C=O) groups is 1. The van der Waals surface area contributed by atoms with Crippen LogP contribution in [0.5, 0.6) is 0 Å². The number of anilines is 1. The van der Waals surface area contributed by atoms with Gasteiger partial charge in [0.05, 0.1) is 18.8 Å². The zero-order valence-corrected chi connectivity index (χ0v) is 12.9. The Labute approximate surface area is 126 Å². The van der Waals surface area contributed by atoms with Crippen LogP contribution < -0.4 is 5.73 Å². The van der Waals surface area contributed by atoms with E-state index < -0.39 is 0 Å². The number of halogens is 1. The lowest BCUT2D eigenvalue weighted by Gasteiger charge is -2.38. The van der Waals surface area contributed by atoms with Gasteiger partial charge >= 0.3 is 0 Å². The topological polar surface area (TPSA) is 55.6 Å². The molecule has 5 heteroatoms. The zero-order chi connectivity index (χ0) is 13.8. The van der Waals surface area contributed by atoms with Crippen molar-refractivity contribution in [1.82, 2.24) is 4.90 Å². The van der Waals surface area contributed by atoms with Crippen LogP contribution in [-0.2, 0) is 16.0 Å². The van der Waals surface area contributed by atoms with E-state index in [-0.39, 0.29) is 30.5 Å². The average Bonchev–Trinajstić information content (AvgIpc) is 2.40. The molecule has 1 fully saturated rings. The van der Waals surface area contributed by atoms with Gasteiger partial charge in [-0.2, -0.15) is 0 Å². The van der Waals surface area contributed by atoms with Gasteiger partial charge in [0, 0.05) is 18.7 Å². The largest absolute Gasteiger partial charge is 0.399 e. The predicted molar refractivity (Wildman–Crippen MR) is 83.0 cm³/mol. The smallest absolute Gasteiger partial charge is 0.223 e. The van der Waals surface area contributed by atoms with Crippen LogP contribution in [-0.4, -0.2) is 36.1 Å². The van der Waals surface area contributed by atoms with Crippen LogP contribution in [0.1, 0.15) is 25.8 Å². The van der Waals surface area contributed by atoms with E-state index in [1.807, 2.05) is 43.0 Å². The van der Waals surface area contributed by atoms with Crippen LogP contribution in [0.15, 0.2) is 24.3 Å². The summed E-state index contributed by atoms with van der Waals surface area (Å²) in [5, 5.41) is 0. The summed E-state index contributed by atoms with van der Waals surface area (Å²) in [6, 6.07) is 7.87. The second-order valence-electron chi connectivity index (χ2n) is 5.10. The number of hydrogen-bond donors (Lipinski definition) is 1. The van der Waals surface area contributed by atoms with E-state index >= 15 is 0 Å². The first-order chi connectivity index (χ1) is 9.09. The summed E-state index contributed by atoms with van der Waals surface area (Å²) in [6.45, 7) is 5.37. The third kappa shape index (κ3) is 3.87. The second-order valence-corrected chi connectivity index (χ2v) is 5.10. The molecule has 0 radical (unpaired) electrons. The van der Waals surface area contributed by atoms with Crippen LogP contribution in [0.4, 0.5) is 5.69 Å². The van der Waals surface area contributed by atoms with Crippen molar-refractivity contribution in [2.24, 2.45) is 0 Å². The van der Waals surface area contributed by atoms with Gasteiger partial charge in [0.1, 0.15) is 0 Å². The Bertz CT molecular complexity index is 453. The fourth-order valence-electron chi connectivity index (χ4n) is 2.43. The van der Waals surface area contributed by atoms with E-state index in [2.05, 4.69) is 0 Å². The molecule has 1 amide bonds. The Hall–Kier alpha value is -1.26. The molecule has 0 aromatic heterocycles. The number of nitrogen functional groups attached to an aromatic ring is 1. The van der Waals surface area contributed by atoms with Gasteiger partial charge in [-0.05, 0) is 31.9 Å². The number of nitrogens with zero attached hydrogens (tertiary/aromatic N) is 1. The number of carbonyl (C=O) groups excluding carboxylic acids is 1. The number of para-hydroxylation sites is 1. The molecule has 1 aliphatic heterocycles. The standard InChI is InChI=1S/C15H22N2O2.ClH/c1-11-12(2)19-10-9-17(11)15(18)8-7-13-5-3-4-6-14(13)16;/h3-6,11-12H,7-10,16H2,1-2H3;1H. The number of rotatable bonds is 3. The number of morpholine rings is 1. The lowest BCUT2D eigenvalue weighted by atomic mass is 10.1. The minimum absolute atomic E-state index is 0. The molecule has 1 aliphatic rings. The molecule has 1 heterocycles. The third-order valence-electron chi connectivity index (χ3n) is 3.87. The van der Waals surface area contributed by atoms with Gasteiger partial charge in [-0.1, -0.05) is 18.2 Å². The molecule has 1 aromatic rings. The van der Waals surface area contributed by atoms with Crippen molar-refractivity contribution in [2.75, 3.05) is 18.9 Å². The number of benzene rings is 1. The molecule has 4 nitrogen and oxygen atoms in total. The number of amides is 1. The number of ether oxygens (including phenoxy) is 1. The molecule has 2 rings (SSSR count). The van der Waals surface area contributed by atoms with Crippen LogP contribution in [0.3, 0.4) is 0 Å². The highest BCUT2D eigenvalue weighted by molar-refractivity contribution is 5.85. The maximum Gasteiger partial charge on any atom is 0.223 e. The highest BCUT2D eigenvalue weighted by Gasteiger charge is 2.28. The Morgan fingerprint density at radius 2 is 2.10 bits per heavy atom. The van der Waals surface area contributed by atoms with Crippen molar-refractivity contribution in [3.8, 4) is 0 Å². The Morgan fingerprint density at radius 3 is 2.80 bits per heavy atom. The first-order valence-electron chi connectivity index (χ1n) is 6.84. The van der Waals surface area contributed by atoms with E-state index in [4.69, 9.17) is 10.5 Å². The molecule has 0 bridgehead atoms. The molecular formula is C15H23ClN2O2. The van der Waals surface area contributed by atoms with Gasteiger partial charge in [0.25, 0.3) is 0 Å². The summed E-state index contributed by atoms with van der Waals surface area (Å²) < 4.78 is 5.54. The van der Waals surface area contributed by atoms with Crippen LogP contribution >= 0.6 is 12.4 Å². The number of hydrogen-bond acceptors (Lipinski definition) is 3. The maximum absolute atomic E-state index is 12.3. The minimum atomic E-state index is 0. The van der Waals surface area contributed by atoms with Gasteiger partial charge in [-0.3, -0.25) is 4.79 Å². The molecule has 112 valence electrons. The van der Waals surface area contributed by atoms with Gasteiger partial charge in [0.2, 0.25) is 5.91 Å². The van der Waals surface area contributed by atoms with Crippen molar-refractivity contribution < 1.29 is 9.53 Å². The van der Waals surface area contributed by atoms with Crippen molar-refractivity contribution in [1.29, 1.82) is 0 Å². The van der Waals surface area contributed by atoms with Crippen molar-refractivity contribution >= 4 is 24.0 Å². The first-order valence-corrected chi connectivity index (χ1v) is 6.84. The zero-order valence-electron chi connectivity index (χ0n) is 12.0. The van der Waals surface area contributed by atoms with Crippen molar-refractivity contribution in [2.45, 2.75) is 38.8 Å². The maximum atomic E-state index is 12.3. The van der Waals surface area contributed by atoms with Crippen LogP contribution in [0, 0.1) is 0 Å². The van der Waals surface area contributed by atoms with Crippen LogP contribution in [0.25, 0.3) is 0 Å². The summed E-state index contributed by atoms with van der Waals surface area (Å²) in [4.78, 5) is 14.2. The summed E-state index contributed by atoms with van der Waals surface area (Å²) in [5.74, 6) is 0.186. The predicted octanol–water partition coefficient (Wildman–Crippen LogP) is 2.26. The molecule has 2 atom stereocenters. The Morgan fingerprint density at radius 1 is 1.40 bits per heavy atom. The fraction of sp³-hybridized carbons (Fsp3) is 0.533. The highest BCUT2D eigenvalue weighted by Crippen LogP contribution is 2.17. The quantitative estimate of drug-likeness (QED) is 0.871. The first kappa shape index (κ1) is 16.8. The minimum Gasteiger partial charge on any atom is -0.399 e. The molecule has 2 unspecified atom stereocenters. The summed E-state index contributed by atoms with van der Waals surface area (Å²) in [5.41, 5.74) is 7.70. The normalized spacial score (nSPS) is 22.2. The average molecular weight is 299 g/mol. The van der Waals surface area contributed by atoms with Crippen molar-refractivity contribution in [3.63, 3.8) is 0 Å². The summed E-state index contributed by atoms with van der Waals surface area (Å²) in [6.07, 6.45) is 1.31. The fourth-order valence-corrected chi connectivity index (χ4v) is 2.43. The Balaban J connectivity index is 0.00000200. The van der Waals surface area contributed by atoms with Crippen LogP contribution in [0.2, 0.25) is 0 Å². The molecule has 1 saturated heterocycles. The molecule has 0 aliphatic carbocycles. The van der Waals surface area contributed by atoms with Gasteiger partial charge in [-0.15, -0.1) is 12.4 Å². The molecular weight excluding hydrogens is 276 g/mol. The van der Waals surface area contributed by atoms with Gasteiger partial charge in [0.15, 0.2) is 0 Å². The lowest BCUT2D eigenvalue weighted by molar-refractivity contribution is -0.143. The van der Waals surface area contributed by atoms with Gasteiger partial charge < -0.3 is 15.4 Å². The third-order valence-corrected chi connectivity index (χ3v) is 3.87. The SMILES string of the molecule is CC1OCCN(C(=O)CCc2ccccc2N)C1C.Cl. The highest BCUT2D eigenvalue weighted by atomic mass is 35.5. The summed E-state index contributed by atoms with van der Waals surface area (Å²) >= 11 is 0. The van der Waals surface area contributed by atoms with E-state index in [0.29, 0.717) is 26.0 Å². The monoisotopic (exact) mass is 298 g/mol. The van der Waals surface area contributed by atoms with E-state index in [1.165, 1.54) is 0 Å². The number of aryl methyl sites for hydroxylation is 1. The van der Waals surface area contributed by atoms with Gasteiger partial charge in [-0.25, -0.2) is 0 Å².